The van der Waals surface area contributed by atoms with E-state index in [-0.39, 0.29) is 5.91 Å². The molecule has 28 heavy (non-hydrogen) atoms. The zero-order valence-corrected chi connectivity index (χ0v) is 17.1. The van der Waals surface area contributed by atoms with Crippen LogP contribution in [-0.4, -0.2) is 22.6 Å². The lowest BCUT2D eigenvalue weighted by Crippen LogP contribution is -2.21. The van der Waals surface area contributed by atoms with Gasteiger partial charge in [-0.1, -0.05) is 13.8 Å². The van der Waals surface area contributed by atoms with Crippen molar-refractivity contribution in [2.45, 2.75) is 27.7 Å². The van der Waals surface area contributed by atoms with E-state index >= 15 is 0 Å². The first kappa shape index (κ1) is 21.0. The van der Waals surface area contributed by atoms with Crippen LogP contribution in [0, 0.1) is 0 Å². The van der Waals surface area contributed by atoms with Crippen molar-refractivity contribution in [1.82, 2.24) is 14.9 Å². The fourth-order valence-electron chi connectivity index (χ4n) is 2.64. The van der Waals surface area contributed by atoms with Crippen molar-refractivity contribution in [1.29, 1.82) is 0 Å². The number of aromatic nitrogens is 2. The summed E-state index contributed by atoms with van der Waals surface area (Å²) in [5, 5.41) is 4.03. The zero-order valence-electron chi connectivity index (χ0n) is 17.1. The van der Waals surface area contributed by atoms with E-state index in [9.17, 15) is 4.79 Å². The molecule has 0 saturated carbocycles. The number of carbonyl (C=O) groups excluding carboxylic acids is 1. The standard InChI is InChI=1S/C21H21N3O2.C2H6/c1-15(23-21(25)18-6-8-19(26-3)9-7-18)4-5-16(2)24-13-11-17-10-12-22-14-20(17)24;1-2/h4-14H,1-3H3,(H,23,25);1-2H3/b15-4+,16-5+;. The lowest BCUT2D eigenvalue weighted by atomic mass is 10.2. The lowest BCUT2D eigenvalue weighted by molar-refractivity contribution is 0.0966. The van der Waals surface area contributed by atoms with Gasteiger partial charge in [0.05, 0.1) is 18.8 Å². The molecule has 146 valence electrons. The van der Waals surface area contributed by atoms with Gasteiger partial charge in [-0.2, -0.15) is 0 Å². The molecule has 1 aromatic carbocycles. The summed E-state index contributed by atoms with van der Waals surface area (Å²) in [6.07, 6.45) is 9.49. The summed E-state index contributed by atoms with van der Waals surface area (Å²) in [5.41, 5.74) is 3.43. The van der Waals surface area contributed by atoms with Crippen LogP contribution in [0.5, 0.6) is 5.75 Å². The number of amides is 1. The minimum Gasteiger partial charge on any atom is -0.497 e. The monoisotopic (exact) mass is 377 g/mol. The molecule has 2 heterocycles. The van der Waals surface area contributed by atoms with Crippen molar-refractivity contribution < 1.29 is 9.53 Å². The highest BCUT2D eigenvalue weighted by atomic mass is 16.5. The predicted molar refractivity (Wildman–Crippen MR) is 115 cm³/mol. The van der Waals surface area contributed by atoms with Crippen LogP contribution in [-0.2, 0) is 0 Å². The van der Waals surface area contributed by atoms with Crippen molar-refractivity contribution in [3.05, 3.63) is 78.4 Å². The first-order valence-electron chi connectivity index (χ1n) is 9.30. The summed E-state index contributed by atoms with van der Waals surface area (Å²) < 4.78 is 7.17. The Balaban J connectivity index is 0.00000136. The first-order chi connectivity index (χ1) is 13.6. The number of carbonyl (C=O) groups is 1. The third-order valence-electron chi connectivity index (χ3n) is 4.11. The van der Waals surface area contributed by atoms with Gasteiger partial charge in [0.1, 0.15) is 5.75 Å². The number of benzene rings is 1. The van der Waals surface area contributed by atoms with Crippen LogP contribution >= 0.6 is 0 Å². The highest BCUT2D eigenvalue weighted by Crippen LogP contribution is 2.18. The highest BCUT2D eigenvalue weighted by Gasteiger charge is 2.06. The number of nitrogens with zero attached hydrogens (tertiary/aromatic N) is 2. The highest BCUT2D eigenvalue weighted by molar-refractivity contribution is 5.95. The molecule has 0 spiro atoms. The Labute approximate surface area is 166 Å². The number of rotatable bonds is 5. The van der Waals surface area contributed by atoms with E-state index in [1.54, 1.807) is 37.6 Å². The Kier molecular flexibility index (Phi) is 7.57. The van der Waals surface area contributed by atoms with Crippen LogP contribution in [0.2, 0.25) is 0 Å². The van der Waals surface area contributed by atoms with Crippen molar-refractivity contribution in [2.24, 2.45) is 0 Å². The van der Waals surface area contributed by atoms with Crippen molar-refractivity contribution in [2.75, 3.05) is 7.11 Å². The number of hydrogen-bond acceptors (Lipinski definition) is 3. The van der Waals surface area contributed by atoms with Crippen molar-refractivity contribution in [3.8, 4) is 5.75 Å². The van der Waals surface area contributed by atoms with Gasteiger partial charge in [-0.05, 0) is 62.4 Å². The van der Waals surface area contributed by atoms with Crippen molar-refractivity contribution >= 4 is 22.5 Å². The largest absolute Gasteiger partial charge is 0.497 e. The molecule has 3 aromatic rings. The Morgan fingerprint density at radius 2 is 1.79 bits per heavy atom. The molecule has 1 amide bonds. The molecule has 0 aliphatic heterocycles. The van der Waals surface area contributed by atoms with E-state index in [0.29, 0.717) is 5.56 Å². The minimum absolute atomic E-state index is 0.150. The molecular formula is C23H27N3O2. The number of nitrogens with one attached hydrogen (secondary N) is 1. The molecule has 2 aromatic heterocycles. The Bertz CT molecular complexity index is 983. The minimum atomic E-state index is -0.150. The van der Waals surface area contributed by atoms with Gasteiger partial charge in [-0.15, -0.1) is 0 Å². The molecule has 3 rings (SSSR count). The van der Waals surface area contributed by atoms with Gasteiger partial charge in [-0.3, -0.25) is 9.78 Å². The van der Waals surface area contributed by atoms with Crippen LogP contribution in [0.4, 0.5) is 0 Å². The summed E-state index contributed by atoms with van der Waals surface area (Å²) in [5.74, 6) is 0.573. The summed E-state index contributed by atoms with van der Waals surface area (Å²) in [6, 6.07) is 11.0. The zero-order chi connectivity index (χ0) is 20.5. The second-order valence-electron chi connectivity index (χ2n) is 5.96. The average Bonchev–Trinajstić information content (AvgIpc) is 3.18. The third kappa shape index (κ3) is 5.10. The first-order valence-corrected chi connectivity index (χ1v) is 9.30. The lowest BCUT2D eigenvalue weighted by Gasteiger charge is -2.07. The maximum atomic E-state index is 12.3. The Morgan fingerprint density at radius 1 is 1.07 bits per heavy atom. The van der Waals surface area contributed by atoms with E-state index in [1.165, 1.54) is 0 Å². The number of allylic oxidation sites excluding steroid dienone is 4. The fourth-order valence-corrected chi connectivity index (χ4v) is 2.64. The molecule has 0 bridgehead atoms. The van der Waals surface area contributed by atoms with Gasteiger partial charge in [0.15, 0.2) is 0 Å². The molecule has 0 fully saturated rings. The molecule has 0 aliphatic rings. The topological polar surface area (TPSA) is 56.1 Å². The molecular weight excluding hydrogens is 350 g/mol. The van der Waals surface area contributed by atoms with E-state index in [1.807, 2.05) is 58.3 Å². The van der Waals surface area contributed by atoms with Gasteiger partial charge < -0.3 is 14.6 Å². The second-order valence-corrected chi connectivity index (χ2v) is 5.96. The van der Waals surface area contributed by atoms with E-state index < -0.39 is 0 Å². The maximum Gasteiger partial charge on any atom is 0.255 e. The molecule has 5 heteroatoms. The van der Waals surface area contributed by atoms with Crippen LogP contribution in [0.25, 0.3) is 16.6 Å². The number of methoxy groups -OCH3 is 1. The normalized spacial score (nSPS) is 11.6. The smallest absolute Gasteiger partial charge is 0.255 e. The van der Waals surface area contributed by atoms with Crippen LogP contribution in [0.1, 0.15) is 38.1 Å². The summed E-state index contributed by atoms with van der Waals surface area (Å²) in [7, 11) is 1.60. The fraction of sp³-hybridized carbons (Fsp3) is 0.217. The third-order valence-corrected chi connectivity index (χ3v) is 4.11. The molecule has 0 unspecified atom stereocenters. The van der Waals surface area contributed by atoms with Gasteiger partial charge in [-0.25, -0.2) is 0 Å². The summed E-state index contributed by atoms with van der Waals surface area (Å²) in [6.45, 7) is 7.88. The van der Waals surface area contributed by atoms with Gasteiger partial charge in [0.2, 0.25) is 0 Å². The van der Waals surface area contributed by atoms with Gasteiger partial charge in [0, 0.05) is 34.7 Å². The van der Waals surface area contributed by atoms with E-state index in [0.717, 1.165) is 28.0 Å². The number of ether oxygens (including phenoxy) is 1. The van der Waals surface area contributed by atoms with Crippen molar-refractivity contribution in [3.63, 3.8) is 0 Å². The second kappa shape index (κ2) is 10.1. The molecule has 0 radical (unpaired) electrons. The Hall–Kier alpha value is -3.34. The maximum absolute atomic E-state index is 12.3. The van der Waals surface area contributed by atoms with Crippen LogP contribution in [0.3, 0.4) is 0 Å². The summed E-state index contributed by atoms with van der Waals surface area (Å²) in [4.78, 5) is 16.5. The average molecular weight is 377 g/mol. The predicted octanol–water partition coefficient (Wildman–Crippen LogP) is 5.27. The van der Waals surface area contributed by atoms with Gasteiger partial charge >= 0.3 is 0 Å². The molecule has 0 aliphatic carbocycles. The number of hydrogen-bond donors (Lipinski definition) is 1. The van der Waals surface area contributed by atoms with E-state index in [4.69, 9.17) is 4.74 Å². The molecule has 1 N–H and O–H groups in total. The van der Waals surface area contributed by atoms with Crippen LogP contribution in [0.15, 0.2) is 72.8 Å². The summed E-state index contributed by atoms with van der Waals surface area (Å²) >= 11 is 0. The van der Waals surface area contributed by atoms with Gasteiger partial charge in [0.25, 0.3) is 5.91 Å². The number of pyridine rings is 1. The molecule has 5 nitrogen and oxygen atoms in total. The molecule has 0 atom stereocenters. The SMILES string of the molecule is CC.COc1ccc(C(=O)N/C(C)=C/C=C(\C)n2ccc3ccncc32)cc1. The van der Waals surface area contributed by atoms with E-state index in [2.05, 4.69) is 20.9 Å². The quantitative estimate of drug-likeness (QED) is 0.617. The van der Waals surface area contributed by atoms with Crippen LogP contribution < -0.4 is 10.1 Å². The Morgan fingerprint density at radius 3 is 2.46 bits per heavy atom. The molecule has 0 saturated heterocycles. The number of fused-ring (bicyclic) bond motifs is 1.